The van der Waals surface area contributed by atoms with Crippen molar-refractivity contribution in [1.82, 2.24) is 10.6 Å². The van der Waals surface area contributed by atoms with Gasteiger partial charge in [-0.1, -0.05) is 27.2 Å². The molecule has 16 heavy (non-hydrogen) atoms. The highest BCUT2D eigenvalue weighted by molar-refractivity contribution is 7.80. The van der Waals surface area contributed by atoms with Crippen LogP contribution in [0, 0.1) is 5.92 Å². The van der Waals surface area contributed by atoms with E-state index < -0.39 is 6.04 Å². The van der Waals surface area contributed by atoms with Crippen LogP contribution in [0.1, 0.15) is 33.6 Å². The average molecular weight is 246 g/mol. The van der Waals surface area contributed by atoms with E-state index in [1.165, 1.54) is 0 Å². The van der Waals surface area contributed by atoms with Crippen molar-refractivity contribution in [3.05, 3.63) is 0 Å². The molecule has 0 radical (unpaired) electrons. The van der Waals surface area contributed by atoms with Crippen LogP contribution in [0.15, 0.2) is 0 Å². The Morgan fingerprint density at radius 1 is 1.31 bits per heavy atom. The number of nitrogens with one attached hydrogen (secondary N) is 2. The second kappa shape index (κ2) is 7.54. The SMILES string of the molecule is CC[C@H](C)[C@H](NC(=O)CC(C)S)C(=O)NC. The first kappa shape index (κ1) is 15.3. The zero-order valence-corrected chi connectivity index (χ0v) is 11.3. The Morgan fingerprint density at radius 2 is 1.88 bits per heavy atom. The second-order valence-corrected chi connectivity index (χ2v) is 4.98. The zero-order chi connectivity index (χ0) is 12.7. The third-order valence-electron chi connectivity index (χ3n) is 2.54. The number of rotatable bonds is 6. The molecule has 0 fully saturated rings. The molecule has 0 aliphatic carbocycles. The number of likely N-dealkylation sites (N-methyl/N-ethyl adjacent to an activating group) is 1. The van der Waals surface area contributed by atoms with Gasteiger partial charge in [0.15, 0.2) is 0 Å². The van der Waals surface area contributed by atoms with E-state index in [2.05, 4.69) is 23.3 Å². The molecule has 0 aromatic heterocycles. The van der Waals surface area contributed by atoms with E-state index in [0.717, 1.165) is 6.42 Å². The van der Waals surface area contributed by atoms with E-state index in [1.54, 1.807) is 7.05 Å². The summed E-state index contributed by atoms with van der Waals surface area (Å²) in [4.78, 5) is 23.2. The Hall–Kier alpha value is -0.710. The molecule has 94 valence electrons. The summed E-state index contributed by atoms with van der Waals surface area (Å²) in [5.41, 5.74) is 0. The summed E-state index contributed by atoms with van der Waals surface area (Å²) < 4.78 is 0. The van der Waals surface area contributed by atoms with Gasteiger partial charge in [0.2, 0.25) is 11.8 Å². The molecule has 2 amide bonds. The second-order valence-electron chi connectivity index (χ2n) is 4.10. The van der Waals surface area contributed by atoms with Gasteiger partial charge in [-0.3, -0.25) is 9.59 Å². The molecule has 0 aliphatic rings. The van der Waals surface area contributed by atoms with E-state index in [9.17, 15) is 9.59 Å². The van der Waals surface area contributed by atoms with Crippen molar-refractivity contribution in [2.75, 3.05) is 7.05 Å². The molecule has 5 heteroatoms. The largest absolute Gasteiger partial charge is 0.357 e. The van der Waals surface area contributed by atoms with Crippen LogP contribution in [0.2, 0.25) is 0 Å². The first-order chi connectivity index (χ1) is 7.42. The first-order valence-electron chi connectivity index (χ1n) is 5.61. The summed E-state index contributed by atoms with van der Waals surface area (Å²) in [6.45, 7) is 5.79. The number of hydrogen-bond acceptors (Lipinski definition) is 3. The third-order valence-corrected chi connectivity index (χ3v) is 2.72. The molecule has 0 heterocycles. The molecule has 4 nitrogen and oxygen atoms in total. The molecule has 0 spiro atoms. The minimum Gasteiger partial charge on any atom is -0.357 e. The van der Waals surface area contributed by atoms with Crippen molar-refractivity contribution in [3.63, 3.8) is 0 Å². The topological polar surface area (TPSA) is 58.2 Å². The van der Waals surface area contributed by atoms with E-state index in [1.807, 2.05) is 20.8 Å². The lowest BCUT2D eigenvalue weighted by atomic mass is 9.98. The smallest absolute Gasteiger partial charge is 0.242 e. The lowest BCUT2D eigenvalue weighted by molar-refractivity contribution is -0.129. The van der Waals surface area contributed by atoms with Gasteiger partial charge in [0, 0.05) is 18.7 Å². The molecule has 0 bridgehead atoms. The maximum absolute atomic E-state index is 11.6. The van der Waals surface area contributed by atoms with Crippen LogP contribution in [0.3, 0.4) is 0 Å². The maximum Gasteiger partial charge on any atom is 0.242 e. The van der Waals surface area contributed by atoms with Gasteiger partial charge < -0.3 is 10.6 Å². The van der Waals surface area contributed by atoms with Crippen molar-refractivity contribution in [2.45, 2.75) is 44.9 Å². The summed E-state index contributed by atoms with van der Waals surface area (Å²) >= 11 is 4.15. The van der Waals surface area contributed by atoms with Crippen LogP contribution < -0.4 is 10.6 Å². The summed E-state index contributed by atoms with van der Waals surface area (Å²) in [6.07, 6.45) is 1.17. The molecule has 0 saturated carbocycles. The molecule has 0 aromatic rings. The molecular formula is C11H22N2O2S. The molecule has 0 saturated heterocycles. The highest BCUT2D eigenvalue weighted by atomic mass is 32.1. The lowest BCUT2D eigenvalue weighted by Gasteiger charge is -2.23. The number of hydrogen-bond donors (Lipinski definition) is 3. The van der Waals surface area contributed by atoms with Crippen molar-refractivity contribution in [2.24, 2.45) is 5.92 Å². The Morgan fingerprint density at radius 3 is 2.25 bits per heavy atom. The number of thiol groups is 1. The van der Waals surface area contributed by atoms with E-state index in [0.29, 0.717) is 6.42 Å². The summed E-state index contributed by atoms with van der Waals surface area (Å²) in [7, 11) is 1.57. The normalized spacial score (nSPS) is 16.1. The van der Waals surface area contributed by atoms with Crippen molar-refractivity contribution in [1.29, 1.82) is 0 Å². The predicted octanol–water partition coefficient (Wildman–Crippen LogP) is 0.972. The number of carbonyl (C=O) groups excluding carboxylic acids is 2. The molecule has 0 aromatic carbocycles. The van der Waals surface area contributed by atoms with E-state index in [4.69, 9.17) is 0 Å². The van der Waals surface area contributed by atoms with Crippen molar-refractivity contribution in [3.8, 4) is 0 Å². The van der Waals surface area contributed by atoms with Gasteiger partial charge in [0.05, 0.1) is 0 Å². The van der Waals surface area contributed by atoms with Crippen LogP contribution >= 0.6 is 12.6 Å². The van der Waals surface area contributed by atoms with Gasteiger partial charge in [-0.2, -0.15) is 12.6 Å². The third kappa shape index (κ3) is 5.39. The van der Waals surface area contributed by atoms with Gasteiger partial charge in [-0.05, 0) is 5.92 Å². The Labute approximate surface area is 103 Å². The highest BCUT2D eigenvalue weighted by Gasteiger charge is 2.24. The highest BCUT2D eigenvalue weighted by Crippen LogP contribution is 2.09. The molecule has 0 aliphatic heterocycles. The van der Waals surface area contributed by atoms with E-state index >= 15 is 0 Å². The zero-order valence-electron chi connectivity index (χ0n) is 10.4. The van der Waals surface area contributed by atoms with Crippen LogP contribution in [-0.4, -0.2) is 30.2 Å². The number of amides is 2. The van der Waals surface area contributed by atoms with Crippen LogP contribution in [0.25, 0.3) is 0 Å². The maximum atomic E-state index is 11.6. The fraction of sp³-hybridized carbons (Fsp3) is 0.818. The van der Waals surface area contributed by atoms with Crippen molar-refractivity contribution >= 4 is 24.4 Å². The van der Waals surface area contributed by atoms with Crippen LogP contribution in [0.4, 0.5) is 0 Å². The van der Waals surface area contributed by atoms with Crippen LogP contribution in [-0.2, 0) is 9.59 Å². The minimum atomic E-state index is -0.449. The Balaban J connectivity index is 4.43. The molecule has 1 unspecified atom stereocenters. The van der Waals surface area contributed by atoms with Gasteiger partial charge in [0.25, 0.3) is 0 Å². The summed E-state index contributed by atoms with van der Waals surface area (Å²) in [5.74, 6) is -0.148. The predicted molar refractivity (Wildman–Crippen MR) is 68.5 cm³/mol. The van der Waals surface area contributed by atoms with E-state index in [-0.39, 0.29) is 23.0 Å². The Kier molecular flexibility index (Phi) is 7.21. The minimum absolute atomic E-state index is 0.00210. The monoisotopic (exact) mass is 246 g/mol. The van der Waals surface area contributed by atoms with Gasteiger partial charge >= 0.3 is 0 Å². The molecule has 2 N–H and O–H groups in total. The summed E-state index contributed by atoms with van der Waals surface area (Å²) in [5, 5.41) is 5.32. The van der Waals surface area contributed by atoms with Gasteiger partial charge in [0.1, 0.15) is 6.04 Å². The fourth-order valence-corrected chi connectivity index (χ4v) is 1.52. The molecule has 3 atom stereocenters. The first-order valence-corrected chi connectivity index (χ1v) is 6.13. The van der Waals surface area contributed by atoms with Gasteiger partial charge in [-0.15, -0.1) is 0 Å². The molecular weight excluding hydrogens is 224 g/mol. The average Bonchev–Trinajstić information content (AvgIpc) is 2.22. The lowest BCUT2D eigenvalue weighted by Crippen LogP contribution is -2.49. The number of carbonyl (C=O) groups is 2. The quantitative estimate of drug-likeness (QED) is 0.612. The standard InChI is InChI=1S/C11H22N2O2S/c1-5-7(2)10(11(15)12-4)13-9(14)6-8(3)16/h7-8,10,16H,5-6H2,1-4H3,(H,12,15)(H,13,14)/t7-,8?,10-/m0/s1. The fourth-order valence-electron chi connectivity index (χ4n) is 1.36. The molecule has 0 rings (SSSR count). The van der Waals surface area contributed by atoms with Gasteiger partial charge in [-0.25, -0.2) is 0 Å². The van der Waals surface area contributed by atoms with Crippen LogP contribution in [0.5, 0.6) is 0 Å². The Bertz CT molecular complexity index is 244. The summed E-state index contributed by atoms with van der Waals surface area (Å²) in [6, 6.07) is -0.449. The van der Waals surface area contributed by atoms with Crippen molar-refractivity contribution < 1.29 is 9.59 Å².